The molecule has 0 aliphatic carbocycles. The minimum Gasteiger partial charge on any atom is -0.611 e. The third kappa shape index (κ3) is 6.94. The SMILES string of the molecule is CCc1cccc(C(C)(C)C)c1NC(=S)NC=C(c1ccccc1)[S+]([O-])Cc1ccccc1. The lowest BCUT2D eigenvalue weighted by molar-refractivity contribution is 0.591. The molecule has 0 aliphatic rings. The van der Waals surface area contributed by atoms with Crippen LogP contribution in [0.25, 0.3) is 4.91 Å². The van der Waals surface area contributed by atoms with Crippen molar-refractivity contribution in [2.24, 2.45) is 0 Å². The van der Waals surface area contributed by atoms with Crippen molar-refractivity contribution in [3.05, 3.63) is 107 Å². The Balaban J connectivity index is 1.84. The number of para-hydroxylation sites is 1. The van der Waals surface area contributed by atoms with E-state index in [1.54, 1.807) is 6.20 Å². The fraction of sp³-hybridized carbons (Fsp3) is 0.250. The highest BCUT2D eigenvalue weighted by Crippen LogP contribution is 2.32. The van der Waals surface area contributed by atoms with Gasteiger partial charge < -0.3 is 15.2 Å². The summed E-state index contributed by atoms with van der Waals surface area (Å²) in [6, 6.07) is 26.1. The van der Waals surface area contributed by atoms with Crippen molar-refractivity contribution in [3.63, 3.8) is 0 Å². The van der Waals surface area contributed by atoms with E-state index in [0.717, 1.165) is 23.2 Å². The van der Waals surface area contributed by atoms with Crippen LogP contribution in [0.1, 0.15) is 49.9 Å². The van der Waals surface area contributed by atoms with Crippen molar-refractivity contribution < 1.29 is 4.55 Å². The third-order valence-corrected chi connectivity index (χ3v) is 7.02. The van der Waals surface area contributed by atoms with Gasteiger partial charge in [-0.15, -0.1) is 0 Å². The lowest BCUT2D eigenvalue weighted by atomic mass is 9.84. The molecule has 0 amide bonds. The Morgan fingerprint density at radius 2 is 1.58 bits per heavy atom. The van der Waals surface area contributed by atoms with Crippen molar-refractivity contribution in [1.82, 2.24) is 5.32 Å². The molecule has 0 saturated carbocycles. The number of thiocarbonyl (C=S) groups is 1. The summed E-state index contributed by atoms with van der Waals surface area (Å²) in [4.78, 5) is 0.712. The predicted octanol–water partition coefficient (Wildman–Crippen LogP) is 6.78. The first-order valence-electron chi connectivity index (χ1n) is 11.2. The summed E-state index contributed by atoms with van der Waals surface area (Å²) in [6.07, 6.45) is 2.68. The first-order chi connectivity index (χ1) is 15.8. The van der Waals surface area contributed by atoms with Crippen LogP contribution in [0.3, 0.4) is 0 Å². The molecule has 0 heterocycles. The van der Waals surface area contributed by atoms with Gasteiger partial charge in [0, 0.05) is 16.8 Å². The molecule has 0 saturated heterocycles. The van der Waals surface area contributed by atoms with E-state index in [-0.39, 0.29) is 5.41 Å². The summed E-state index contributed by atoms with van der Waals surface area (Å²) in [5, 5.41) is 7.08. The van der Waals surface area contributed by atoms with Crippen LogP contribution in [-0.4, -0.2) is 9.67 Å². The highest BCUT2D eigenvalue weighted by molar-refractivity contribution is 7.99. The van der Waals surface area contributed by atoms with Crippen molar-refractivity contribution in [1.29, 1.82) is 0 Å². The predicted molar refractivity (Wildman–Crippen MR) is 147 cm³/mol. The molecule has 2 N–H and O–H groups in total. The molecule has 5 heteroatoms. The molecule has 0 bridgehead atoms. The topological polar surface area (TPSA) is 47.1 Å². The van der Waals surface area contributed by atoms with Gasteiger partial charge in [0.15, 0.2) is 10.0 Å². The van der Waals surface area contributed by atoms with Gasteiger partial charge in [-0.05, 0) is 58.5 Å². The van der Waals surface area contributed by atoms with Crippen molar-refractivity contribution in [2.45, 2.75) is 45.3 Å². The fourth-order valence-corrected chi connectivity index (χ4v) is 5.04. The van der Waals surface area contributed by atoms with Gasteiger partial charge in [0.25, 0.3) is 0 Å². The van der Waals surface area contributed by atoms with Crippen LogP contribution in [-0.2, 0) is 28.8 Å². The average molecular weight is 477 g/mol. The van der Waals surface area contributed by atoms with Gasteiger partial charge in [-0.3, -0.25) is 0 Å². The molecule has 3 nitrogen and oxygen atoms in total. The Hall–Kier alpha value is -2.60. The first kappa shape index (κ1) is 25.0. The Kier molecular flexibility index (Phi) is 8.73. The zero-order valence-electron chi connectivity index (χ0n) is 19.7. The van der Waals surface area contributed by atoms with Crippen LogP contribution in [0.15, 0.2) is 85.1 Å². The second-order valence-corrected chi connectivity index (χ2v) is 10.7. The quantitative estimate of drug-likeness (QED) is 0.291. The molecule has 0 aliphatic heterocycles. The van der Waals surface area contributed by atoms with E-state index in [0.29, 0.717) is 15.8 Å². The largest absolute Gasteiger partial charge is 0.611 e. The molecular formula is C28H32N2OS2. The van der Waals surface area contributed by atoms with Crippen LogP contribution < -0.4 is 10.6 Å². The van der Waals surface area contributed by atoms with E-state index in [4.69, 9.17) is 12.2 Å². The normalized spacial score (nSPS) is 12.8. The number of benzene rings is 3. The van der Waals surface area contributed by atoms with Crippen LogP contribution in [0.2, 0.25) is 0 Å². The van der Waals surface area contributed by atoms with E-state index < -0.39 is 11.2 Å². The van der Waals surface area contributed by atoms with Crippen LogP contribution in [0, 0.1) is 0 Å². The number of hydrogen-bond donors (Lipinski definition) is 2. The van der Waals surface area contributed by atoms with Gasteiger partial charge in [-0.1, -0.05) is 94.4 Å². The van der Waals surface area contributed by atoms with Crippen molar-refractivity contribution >= 4 is 39.1 Å². The smallest absolute Gasteiger partial charge is 0.176 e. The summed E-state index contributed by atoms with van der Waals surface area (Å²) in [7, 11) is 0. The van der Waals surface area contributed by atoms with Crippen LogP contribution >= 0.6 is 12.2 Å². The second-order valence-electron chi connectivity index (χ2n) is 8.89. The van der Waals surface area contributed by atoms with Crippen molar-refractivity contribution in [3.8, 4) is 0 Å². The van der Waals surface area contributed by atoms with E-state index in [9.17, 15) is 4.55 Å². The minimum atomic E-state index is -1.24. The summed E-state index contributed by atoms with van der Waals surface area (Å²) in [6.45, 7) is 8.74. The molecule has 1 atom stereocenters. The lowest BCUT2D eigenvalue weighted by Crippen LogP contribution is -2.27. The third-order valence-electron chi connectivity index (χ3n) is 5.36. The summed E-state index contributed by atoms with van der Waals surface area (Å²) in [5.74, 6) is 0.441. The first-order valence-corrected chi connectivity index (χ1v) is 12.9. The number of rotatable bonds is 7. The molecule has 0 fully saturated rings. The Morgan fingerprint density at radius 3 is 2.18 bits per heavy atom. The number of anilines is 1. The zero-order valence-corrected chi connectivity index (χ0v) is 21.4. The highest BCUT2D eigenvalue weighted by atomic mass is 32.2. The molecule has 0 aromatic heterocycles. The molecule has 172 valence electrons. The van der Waals surface area contributed by atoms with Gasteiger partial charge >= 0.3 is 0 Å². The Morgan fingerprint density at radius 1 is 0.939 bits per heavy atom. The molecule has 0 radical (unpaired) electrons. The maximum atomic E-state index is 13.3. The maximum Gasteiger partial charge on any atom is 0.176 e. The molecular weight excluding hydrogens is 444 g/mol. The van der Waals surface area contributed by atoms with E-state index >= 15 is 0 Å². The van der Waals surface area contributed by atoms with Gasteiger partial charge in [0.1, 0.15) is 5.75 Å². The lowest BCUT2D eigenvalue weighted by Gasteiger charge is -2.25. The minimum absolute atomic E-state index is 0.0225. The van der Waals surface area contributed by atoms with Crippen molar-refractivity contribution in [2.75, 3.05) is 5.32 Å². The maximum absolute atomic E-state index is 13.3. The molecule has 3 aromatic rings. The number of nitrogens with one attached hydrogen (secondary N) is 2. The van der Waals surface area contributed by atoms with Gasteiger partial charge in [0.2, 0.25) is 0 Å². The summed E-state index contributed by atoms with van der Waals surface area (Å²) < 4.78 is 13.3. The van der Waals surface area contributed by atoms with E-state index in [1.165, 1.54) is 11.1 Å². The Labute approximate surface area is 206 Å². The standard InChI is InChI=1S/C28H32N2OS2/c1-5-22-17-12-18-24(28(2,3)4)26(22)30-27(32)29-19-25(23-15-10-7-11-16-23)33(31)20-21-13-8-6-9-14-21/h6-19H,5,20H2,1-4H3,(H2,29,30,32). The second kappa shape index (κ2) is 11.5. The molecule has 33 heavy (non-hydrogen) atoms. The molecule has 3 aromatic carbocycles. The average Bonchev–Trinajstić information content (AvgIpc) is 2.80. The number of aryl methyl sites for hydroxylation is 1. The summed E-state index contributed by atoms with van der Waals surface area (Å²) in [5.41, 5.74) is 5.39. The molecule has 1 unspecified atom stereocenters. The van der Waals surface area contributed by atoms with Gasteiger partial charge in [-0.2, -0.15) is 0 Å². The van der Waals surface area contributed by atoms with Gasteiger partial charge in [0.05, 0.1) is 6.20 Å². The summed E-state index contributed by atoms with van der Waals surface area (Å²) >= 11 is 4.41. The van der Waals surface area contributed by atoms with Gasteiger partial charge in [-0.25, -0.2) is 0 Å². The van der Waals surface area contributed by atoms with Crippen LogP contribution in [0.4, 0.5) is 5.69 Å². The zero-order chi connectivity index (χ0) is 23.8. The van der Waals surface area contributed by atoms with Crippen LogP contribution in [0.5, 0.6) is 0 Å². The monoisotopic (exact) mass is 476 g/mol. The molecule has 0 spiro atoms. The van der Waals surface area contributed by atoms with E-state index in [1.807, 2.05) is 60.7 Å². The van der Waals surface area contributed by atoms with E-state index in [2.05, 4.69) is 56.5 Å². The Bertz CT molecular complexity index is 1090. The fourth-order valence-electron chi connectivity index (χ4n) is 3.63. The highest BCUT2D eigenvalue weighted by Gasteiger charge is 2.21. The number of hydrogen-bond acceptors (Lipinski definition) is 2. The molecule has 3 rings (SSSR count).